The SMILES string of the molecule is Clc1cccc(Nc2nc(Cl)nc(NCC3CCCCC3)n2)c1. The number of rotatable bonds is 5. The van der Waals surface area contributed by atoms with Crippen LogP contribution in [0.1, 0.15) is 32.1 Å². The van der Waals surface area contributed by atoms with Crippen LogP contribution in [0, 0.1) is 5.92 Å². The van der Waals surface area contributed by atoms with Gasteiger partial charge in [-0.25, -0.2) is 0 Å². The van der Waals surface area contributed by atoms with Crippen LogP contribution < -0.4 is 10.6 Å². The average Bonchev–Trinajstić information content (AvgIpc) is 2.53. The summed E-state index contributed by atoms with van der Waals surface area (Å²) in [5, 5.41) is 7.18. The first kappa shape index (κ1) is 16.3. The van der Waals surface area contributed by atoms with Crippen LogP contribution in [0.15, 0.2) is 24.3 Å². The summed E-state index contributed by atoms with van der Waals surface area (Å²) < 4.78 is 0. The first-order valence-electron chi connectivity index (χ1n) is 7.87. The Hall–Kier alpha value is -1.59. The zero-order valence-corrected chi connectivity index (χ0v) is 14.2. The molecule has 1 fully saturated rings. The van der Waals surface area contributed by atoms with Crippen molar-refractivity contribution < 1.29 is 0 Å². The molecule has 0 saturated heterocycles. The number of nitrogens with zero attached hydrogens (tertiary/aromatic N) is 3. The van der Waals surface area contributed by atoms with E-state index in [-0.39, 0.29) is 5.28 Å². The number of hydrogen-bond acceptors (Lipinski definition) is 5. The van der Waals surface area contributed by atoms with Crippen LogP contribution in [0.2, 0.25) is 10.3 Å². The molecule has 3 rings (SSSR count). The van der Waals surface area contributed by atoms with Crippen LogP contribution in [0.25, 0.3) is 0 Å². The minimum absolute atomic E-state index is 0.163. The fourth-order valence-electron chi connectivity index (χ4n) is 2.81. The first-order valence-corrected chi connectivity index (χ1v) is 8.63. The molecule has 122 valence electrons. The number of nitrogens with one attached hydrogen (secondary N) is 2. The van der Waals surface area contributed by atoms with E-state index in [1.165, 1.54) is 32.1 Å². The summed E-state index contributed by atoms with van der Waals surface area (Å²) in [5.74, 6) is 1.59. The second kappa shape index (κ2) is 7.79. The highest BCUT2D eigenvalue weighted by molar-refractivity contribution is 6.30. The van der Waals surface area contributed by atoms with Crippen molar-refractivity contribution in [3.05, 3.63) is 34.6 Å². The fraction of sp³-hybridized carbons (Fsp3) is 0.438. The van der Waals surface area contributed by atoms with Gasteiger partial charge in [-0.3, -0.25) is 0 Å². The molecule has 0 amide bonds. The lowest BCUT2D eigenvalue weighted by molar-refractivity contribution is 0.373. The van der Waals surface area contributed by atoms with Gasteiger partial charge in [-0.1, -0.05) is 36.9 Å². The van der Waals surface area contributed by atoms with E-state index < -0.39 is 0 Å². The Morgan fingerprint density at radius 3 is 2.57 bits per heavy atom. The minimum atomic E-state index is 0.163. The molecule has 0 bridgehead atoms. The van der Waals surface area contributed by atoms with Crippen LogP contribution in [-0.2, 0) is 0 Å². The van der Waals surface area contributed by atoms with Crippen molar-refractivity contribution >= 4 is 40.8 Å². The Bertz CT molecular complexity index is 659. The van der Waals surface area contributed by atoms with Gasteiger partial charge < -0.3 is 10.6 Å². The molecular weight excluding hydrogens is 333 g/mol. The van der Waals surface area contributed by atoms with Gasteiger partial charge in [0.1, 0.15) is 0 Å². The van der Waals surface area contributed by atoms with Crippen LogP contribution >= 0.6 is 23.2 Å². The smallest absolute Gasteiger partial charge is 0.233 e. The molecule has 0 spiro atoms. The molecule has 7 heteroatoms. The Morgan fingerprint density at radius 2 is 1.78 bits per heavy atom. The molecule has 1 aromatic carbocycles. The van der Waals surface area contributed by atoms with Crippen molar-refractivity contribution in [3.63, 3.8) is 0 Å². The summed E-state index contributed by atoms with van der Waals surface area (Å²) in [6.07, 6.45) is 6.50. The molecule has 5 nitrogen and oxygen atoms in total. The Balaban J connectivity index is 1.66. The van der Waals surface area contributed by atoms with Crippen LogP contribution in [0.3, 0.4) is 0 Å². The first-order chi connectivity index (χ1) is 11.2. The van der Waals surface area contributed by atoms with E-state index in [0.717, 1.165) is 12.2 Å². The predicted molar refractivity (Wildman–Crippen MR) is 94.6 cm³/mol. The molecule has 1 saturated carbocycles. The maximum atomic E-state index is 6.00. The van der Waals surface area contributed by atoms with Crippen molar-refractivity contribution in [1.29, 1.82) is 0 Å². The van der Waals surface area contributed by atoms with Crippen LogP contribution in [0.4, 0.5) is 17.6 Å². The summed E-state index contributed by atoms with van der Waals surface area (Å²) in [6, 6.07) is 7.35. The standard InChI is InChI=1S/C16H19Cl2N5/c17-12-7-4-8-13(9-12)20-16-22-14(18)21-15(23-16)19-10-11-5-2-1-3-6-11/h4,7-9,11H,1-3,5-6,10H2,(H2,19,20,21,22,23). The highest BCUT2D eigenvalue weighted by atomic mass is 35.5. The third-order valence-electron chi connectivity index (χ3n) is 3.96. The lowest BCUT2D eigenvalue weighted by Gasteiger charge is -2.21. The number of anilines is 3. The topological polar surface area (TPSA) is 62.7 Å². The van der Waals surface area contributed by atoms with Gasteiger partial charge in [0.05, 0.1) is 0 Å². The van der Waals surface area contributed by atoms with Crippen LogP contribution in [-0.4, -0.2) is 21.5 Å². The van der Waals surface area contributed by atoms with Gasteiger partial charge in [-0.15, -0.1) is 0 Å². The largest absolute Gasteiger partial charge is 0.354 e. The molecule has 2 N–H and O–H groups in total. The van der Waals surface area contributed by atoms with Gasteiger partial charge in [-0.05, 0) is 48.6 Å². The summed E-state index contributed by atoms with van der Waals surface area (Å²) in [7, 11) is 0. The van der Waals surface area contributed by atoms with Crippen molar-refractivity contribution in [2.75, 3.05) is 17.2 Å². The molecule has 0 unspecified atom stereocenters. The molecule has 0 radical (unpaired) electrons. The number of halogens is 2. The van der Waals surface area contributed by atoms with Gasteiger partial charge in [0.15, 0.2) is 0 Å². The van der Waals surface area contributed by atoms with E-state index in [2.05, 4.69) is 25.6 Å². The highest BCUT2D eigenvalue weighted by Crippen LogP contribution is 2.24. The zero-order valence-electron chi connectivity index (χ0n) is 12.7. The van der Waals surface area contributed by atoms with Gasteiger partial charge in [0.25, 0.3) is 0 Å². The van der Waals surface area contributed by atoms with E-state index >= 15 is 0 Å². The molecule has 0 aliphatic heterocycles. The molecule has 23 heavy (non-hydrogen) atoms. The van der Waals surface area contributed by atoms with E-state index in [0.29, 0.717) is 22.8 Å². The van der Waals surface area contributed by atoms with E-state index in [1.807, 2.05) is 18.2 Å². The van der Waals surface area contributed by atoms with Gasteiger partial charge in [0, 0.05) is 17.3 Å². The van der Waals surface area contributed by atoms with E-state index in [1.54, 1.807) is 6.07 Å². The molecular formula is C16H19Cl2N5. The Kier molecular flexibility index (Phi) is 5.51. The van der Waals surface area contributed by atoms with Gasteiger partial charge in [0.2, 0.25) is 17.2 Å². The molecule has 1 aromatic heterocycles. The van der Waals surface area contributed by atoms with E-state index in [9.17, 15) is 0 Å². The average molecular weight is 352 g/mol. The molecule has 1 aliphatic rings. The quantitative estimate of drug-likeness (QED) is 0.800. The predicted octanol–water partition coefficient (Wildman–Crippen LogP) is 4.91. The third kappa shape index (κ3) is 4.94. The molecule has 0 atom stereocenters. The second-order valence-electron chi connectivity index (χ2n) is 5.77. The lowest BCUT2D eigenvalue weighted by Crippen LogP contribution is -2.18. The highest BCUT2D eigenvalue weighted by Gasteiger charge is 2.14. The maximum Gasteiger partial charge on any atom is 0.233 e. The zero-order chi connectivity index (χ0) is 16.1. The monoisotopic (exact) mass is 351 g/mol. The second-order valence-corrected chi connectivity index (χ2v) is 6.55. The Labute approximate surface area is 145 Å². The van der Waals surface area contributed by atoms with E-state index in [4.69, 9.17) is 23.2 Å². The minimum Gasteiger partial charge on any atom is -0.354 e. The summed E-state index contributed by atoms with van der Waals surface area (Å²) in [4.78, 5) is 12.6. The number of aromatic nitrogens is 3. The van der Waals surface area contributed by atoms with Crippen molar-refractivity contribution in [2.45, 2.75) is 32.1 Å². The van der Waals surface area contributed by atoms with Crippen molar-refractivity contribution in [2.24, 2.45) is 5.92 Å². The third-order valence-corrected chi connectivity index (χ3v) is 4.37. The fourth-order valence-corrected chi connectivity index (χ4v) is 3.16. The number of hydrogen-bond donors (Lipinski definition) is 2. The van der Waals surface area contributed by atoms with Crippen LogP contribution in [0.5, 0.6) is 0 Å². The Morgan fingerprint density at radius 1 is 1.00 bits per heavy atom. The summed E-state index contributed by atoms with van der Waals surface area (Å²) in [6.45, 7) is 0.872. The summed E-state index contributed by atoms with van der Waals surface area (Å²) >= 11 is 12.0. The normalized spacial score (nSPS) is 15.4. The van der Waals surface area contributed by atoms with Crippen molar-refractivity contribution in [3.8, 4) is 0 Å². The van der Waals surface area contributed by atoms with Crippen molar-refractivity contribution in [1.82, 2.24) is 15.0 Å². The molecule has 1 heterocycles. The van der Waals surface area contributed by atoms with Gasteiger partial charge >= 0.3 is 0 Å². The maximum absolute atomic E-state index is 6.00. The lowest BCUT2D eigenvalue weighted by atomic mass is 9.89. The summed E-state index contributed by atoms with van der Waals surface area (Å²) in [5.41, 5.74) is 0.804. The molecule has 1 aliphatic carbocycles. The molecule has 2 aromatic rings. The van der Waals surface area contributed by atoms with Gasteiger partial charge in [-0.2, -0.15) is 15.0 Å². The number of benzene rings is 1.